The van der Waals surface area contributed by atoms with Crippen LogP contribution in [0.15, 0.2) is 66.0 Å². The first-order valence-corrected chi connectivity index (χ1v) is 12.1. The molecule has 3 aromatic heterocycles. The molecule has 0 fully saturated rings. The summed E-state index contributed by atoms with van der Waals surface area (Å²) in [4.78, 5) is 18.7. The molecule has 1 N–H and O–H groups in total. The van der Waals surface area contributed by atoms with E-state index in [0.29, 0.717) is 5.56 Å². The van der Waals surface area contributed by atoms with Crippen molar-refractivity contribution in [2.45, 2.75) is 26.3 Å². The lowest BCUT2D eigenvalue weighted by Gasteiger charge is -2.20. The summed E-state index contributed by atoms with van der Waals surface area (Å²) in [6.07, 6.45) is 0. The molecule has 4 rings (SSSR count). The molecule has 0 saturated carbocycles. The topological polar surface area (TPSA) is 29.1 Å². The van der Waals surface area contributed by atoms with Gasteiger partial charge < -0.3 is 5.32 Å². The van der Waals surface area contributed by atoms with Crippen LogP contribution in [0.1, 0.15) is 34.6 Å². The number of hydrogen-bond donors (Lipinski definition) is 1. The summed E-state index contributed by atoms with van der Waals surface area (Å²) in [5.41, 5.74) is 1.02. The third kappa shape index (κ3) is 4.73. The van der Waals surface area contributed by atoms with Crippen LogP contribution in [0.25, 0.3) is 19.5 Å². The molecule has 3 heterocycles. The summed E-state index contributed by atoms with van der Waals surface area (Å²) < 4.78 is 0. The van der Waals surface area contributed by atoms with Gasteiger partial charge in [0.05, 0.1) is 10.4 Å². The van der Waals surface area contributed by atoms with Crippen LogP contribution in [0.2, 0.25) is 0 Å². The lowest BCUT2D eigenvalue weighted by molar-refractivity contribution is 0.0929. The molecule has 5 heteroatoms. The average Bonchev–Trinajstić information content (AvgIpc) is 3.47. The van der Waals surface area contributed by atoms with Gasteiger partial charge in [-0.25, -0.2) is 0 Å². The third-order valence-corrected chi connectivity index (χ3v) is 7.88. The van der Waals surface area contributed by atoms with Gasteiger partial charge in [-0.1, -0.05) is 36.1 Å². The number of amides is 1. The molecule has 0 bridgehead atoms. The Bertz CT molecular complexity index is 1230. The molecule has 0 unspecified atom stereocenters. The molecule has 0 aliphatic heterocycles. The molecule has 30 heavy (non-hydrogen) atoms. The van der Waals surface area contributed by atoms with Crippen LogP contribution in [-0.2, 0) is 0 Å². The molecule has 1 amide bonds. The minimum atomic E-state index is -0.626. The van der Waals surface area contributed by atoms with E-state index in [1.54, 1.807) is 34.0 Å². The number of aryl methyl sites for hydroxylation is 1. The van der Waals surface area contributed by atoms with E-state index in [1.807, 2.05) is 45.0 Å². The molecule has 0 radical (unpaired) electrons. The lowest BCUT2D eigenvalue weighted by atomic mass is 10.0. The first-order chi connectivity index (χ1) is 14.4. The van der Waals surface area contributed by atoms with Crippen LogP contribution in [0, 0.1) is 18.8 Å². The van der Waals surface area contributed by atoms with E-state index in [-0.39, 0.29) is 5.91 Å². The fourth-order valence-corrected chi connectivity index (χ4v) is 5.78. The standard InChI is InChI=1S/C25H21NOS3/c1-17-7-4-5-8-19(17)24(27)26-25(2,3)15-14-18-10-11-22(29-18)23-13-12-21(30-23)20-9-6-16-28-20/h4-13,16H,1-3H3,(H,26,27). The van der Waals surface area contributed by atoms with Crippen LogP contribution in [0.5, 0.6) is 0 Å². The number of carbonyl (C=O) groups is 1. The summed E-state index contributed by atoms with van der Waals surface area (Å²) in [6, 6.07) is 20.4. The van der Waals surface area contributed by atoms with E-state index < -0.39 is 5.54 Å². The molecule has 1 aromatic carbocycles. The smallest absolute Gasteiger partial charge is 0.252 e. The zero-order chi connectivity index (χ0) is 21.1. The molecule has 2 nitrogen and oxygen atoms in total. The van der Waals surface area contributed by atoms with Crippen LogP contribution in [0.3, 0.4) is 0 Å². The molecule has 0 spiro atoms. The Hall–Kier alpha value is -2.65. The zero-order valence-electron chi connectivity index (χ0n) is 17.0. The van der Waals surface area contributed by atoms with Crippen molar-refractivity contribution in [2.24, 2.45) is 0 Å². The van der Waals surface area contributed by atoms with Crippen LogP contribution < -0.4 is 5.32 Å². The highest BCUT2D eigenvalue weighted by Crippen LogP contribution is 2.38. The average molecular weight is 448 g/mol. The summed E-state index contributed by atoms with van der Waals surface area (Å²) in [5.74, 6) is 6.36. The van der Waals surface area contributed by atoms with Crippen molar-refractivity contribution in [1.29, 1.82) is 0 Å². The number of rotatable bonds is 4. The van der Waals surface area contributed by atoms with Crippen LogP contribution in [0.4, 0.5) is 0 Å². The predicted octanol–water partition coefficient (Wildman–Crippen LogP) is 7.07. The second-order valence-corrected chi connectivity index (χ2v) is 10.6. The quantitative estimate of drug-likeness (QED) is 0.333. The van der Waals surface area contributed by atoms with Gasteiger partial charge in [-0.15, -0.1) is 34.0 Å². The molecule has 150 valence electrons. The molecule has 0 aliphatic carbocycles. The summed E-state index contributed by atoms with van der Waals surface area (Å²) >= 11 is 5.25. The van der Waals surface area contributed by atoms with Gasteiger partial charge in [0.2, 0.25) is 0 Å². The Morgan fingerprint density at radius 3 is 2.30 bits per heavy atom. The van der Waals surface area contributed by atoms with Gasteiger partial charge >= 0.3 is 0 Å². The van der Waals surface area contributed by atoms with Gasteiger partial charge in [0, 0.05) is 25.1 Å². The van der Waals surface area contributed by atoms with Gasteiger partial charge in [0.25, 0.3) is 5.91 Å². The number of benzene rings is 1. The van der Waals surface area contributed by atoms with E-state index in [1.165, 1.54) is 19.5 Å². The number of nitrogens with one attached hydrogen (secondary N) is 1. The fraction of sp³-hybridized carbons (Fsp3) is 0.160. The Labute approximate surface area is 189 Å². The normalized spacial score (nSPS) is 11.0. The number of carbonyl (C=O) groups excluding carboxylic acids is 1. The van der Waals surface area contributed by atoms with Crippen molar-refractivity contribution >= 4 is 39.9 Å². The van der Waals surface area contributed by atoms with Gasteiger partial charge in [-0.05, 0) is 68.1 Å². The van der Waals surface area contributed by atoms with Gasteiger partial charge in [-0.3, -0.25) is 4.79 Å². The first-order valence-electron chi connectivity index (χ1n) is 9.56. The Morgan fingerprint density at radius 2 is 1.57 bits per heavy atom. The van der Waals surface area contributed by atoms with Crippen molar-refractivity contribution < 1.29 is 4.79 Å². The maximum atomic E-state index is 12.6. The highest BCUT2D eigenvalue weighted by Gasteiger charge is 2.19. The summed E-state index contributed by atoms with van der Waals surface area (Å²) in [6.45, 7) is 5.80. The van der Waals surface area contributed by atoms with Crippen molar-refractivity contribution in [2.75, 3.05) is 0 Å². The van der Waals surface area contributed by atoms with Crippen molar-refractivity contribution in [1.82, 2.24) is 5.32 Å². The summed E-state index contributed by atoms with van der Waals surface area (Å²) in [5, 5.41) is 5.14. The molecular weight excluding hydrogens is 426 g/mol. The largest absolute Gasteiger partial charge is 0.336 e. The number of thiophene rings is 3. The van der Waals surface area contributed by atoms with Gasteiger partial charge in [-0.2, -0.15) is 0 Å². The third-order valence-electron chi connectivity index (χ3n) is 4.53. The second kappa shape index (κ2) is 8.61. The fourth-order valence-electron chi connectivity index (χ4n) is 2.99. The molecule has 0 atom stereocenters. The molecular formula is C25H21NOS3. The molecule has 0 aliphatic rings. The van der Waals surface area contributed by atoms with E-state index >= 15 is 0 Å². The highest BCUT2D eigenvalue weighted by molar-refractivity contribution is 7.26. The van der Waals surface area contributed by atoms with Crippen molar-refractivity contribution in [3.63, 3.8) is 0 Å². The van der Waals surface area contributed by atoms with E-state index in [2.05, 4.69) is 58.9 Å². The molecule has 4 aromatic rings. The summed E-state index contributed by atoms with van der Waals surface area (Å²) in [7, 11) is 0. The predicted molar refractivity (Wildman–Crippen MR) is 131 cm³/mol. The lowest BCUT2D eigenvalue weighted by Crippen LogP contribution is -2.42. The van der Waals surface area contributed by atoms with Crippen LogP contribution >= 0.6 is 34.0 Å². The van der Waals surface area contributed by atoms with E-state index in [4.69, 9.17) is 0 Å². The Morgan fingerprint density at radius 1 is 0.867 bits per heavy atom. The Balaban J connectivity index is 1.47. The van der Waals surface area contributed by atoms with E-state index in [0.717, 1.165) is 10.4 Å². The SMILES string of the molecule is Cc1ccccc1C(=O)NC(C)(C)C#Cc1ccc(-c2ccc(-c3cccs3)s2)s1. The van der Waals surface area contributed by atoms with Crippen LogP contribution in [-0.4, -0.2) is 11.4 Å². The molecule has 0 saturated heterocycles. The zero-order valence-corrected chi connectivity index (χ0v) is 19.4. The van der Waals surface area contributed by atoms with Crippen molar-refractivity contribution in [3.8, 4) is 31.3 Å². The minimum absolute atomic E-state index is 0.0982. The first kappa shape index (κ1) is 20.6. The maximum absolute atomic E-state index is 12.6. The second-order valence-electron chi connectivity index (χ2n) is 7.45. The highest BCUT2D eigenvalue weighted by atomic mass is 32.1. The number of hydrogen-bond acceptors (Lipinski definition) is 4. The maximum Gasteiger partial charge on any atom is 0.252 e. The van der Waals surface area contributed by atoms with E-state index in [9.17, 15) is 4.79 Å². The monoisotopic (exact) mass is 447 g/mol. The van der Waals surface area contributed by atoms with Crippen molar-refractivity contribution in [3.05, 3.63) is 82.0 Å². The van der Waals surface area contributed by atoms with Gasteiger partial charge in [0.15, 0.2) is 0 Å². The minimum Gasteiger partial charge on any atom is -0.336 e. The Kier molecular flexibility index (Phi) is 5.92. The van der Waals surface area contributed by atoms with Gasteiger partial charge in [0.1, 0.15) is 0 Å².